The van der Waals surface area contributed by atoms with Crippen molar-refractivity contribution in [3.8, 4) is 0 Å². The Bertz CT molecular complexity index is 1090. The lowest BCUT2D eigenvalue weighted by Crippen LogP contribution is -2.29. The topological polar surface area (TPSA) is 90.5 Å². The van der Waals surface area contributed by atoms with Gasteiger partial charge in [-0.2, -0.15) is 0 Å². The van der Waals surface area contributed by atoms with Crippen molar-refractivity contribution in [3.05, 3.63) is 83.8 Å². The highest BCUT2D eigenvalue weighted by molar-refractivity contribution is 6.04. The molecular weight excluding hydrogens is 416 g/mol. The van der Waals surface area contributed by atoms with Crippen LogP contribution >= 0.6 is 0 Å². The number of benzene rings is 1. The van der Waals surface area contributed by atoms with E-state index < -0.39 is 0 Å². The molecule has 170 valence electrons. The molecule has 0 aliphatic carbocycles. The predicted molar refractivity (Wildman–Crippen MR) is 128 cm³/mol. The maximum Gasteiger partial charge on any atom is 0.257 e. The van der Waals surface area contributed by atoms with Gasteiger partial charge in [0.15, 0.2) is 0 Å². The number of aromatic nitrogens is 2. The van der Waals surface area contributed by atoms with Gasteiger partial charge in [0.1, 0.15) is 5.82 Å². The molecule has 1 aliphatic rings. The molecule has 2 aromatic heterocycles. The van der Waals surface area contributed by atoms with Crippen molar-refractivity contribution in [3.63, 3.8) is 0 Å². The van der Waals surface area contributed by atoms with E-state index in [1.54, 1.807) is 42.6 Å². The number of hydrogen-bond acceptors (Lipinski definition) is 6. The molecule has 0 bridgehead atoms. The van der Waals surface area contributed by atoms with Gasteiger partial charge in [-0.1, -0.05) is 12.1 Å². The van der Waals surface area contributed by atoms with Gasteiger partial charge in [0, 0.05) is 56.0 Å². The Balaban J connectivity index is 1.32. The van der Waals surface area contributed by atoms with Gasteiger partial charge in [-0.15, -0.1) is 0 Å². The van der Waals surface area contributed by atoms with E-state index in [9.17, 15) is 9.59 Å². The zero-order valence-electron chi connectivity index (χ0n) is 18.7. The summed E-state index contributed by atoms with van der Waals surface area (Å²) < 4.78 is 0. The molecule has 1 aliphatic heterocycles. The van der Waals surface area contributed by atoms with Gasteiger partial charge in [-0.05, 0) is 62.0 Å². The van der Waals surface area contributed by atoms with Gasteiger partial charge < -0.3 is 20.4 Å². The van der Waals surface area contributed by atoms with Crippen LogP contribution in [0.25, 0.3) is 0 Å². The highest BCUT2D eigenvalue weighted by atomic mass is 16.2. The summed E-state index contributed by atoms with van der Waals surface area (Å²) in [5, 5.41) is 5.72. The van der Waals surface area contributed by atoms with Crippen LogP contribution in [0.2, 0.25) is 0 Å². The quantitative estimate of drug-likeness (QED) is 0.608. The summed E-state index contributed by atoms with van der Waals surface area (Å²) in [5.74, 6) is 0.479. The second-order valence-electron chi connectivity index (χ2n) is 8.13. The molecule has 33 heavy (non-hydrogen) atoms. The molecule has 1 saturated heterocycles. The summed E-state index contributed by atoms with van der Waals surface area (Å²) in [5.41, 5.74) is 2.40. The fourth-order valence-corrected chi connectivity index (χ4v) is 3.71. The number of likely N-dealkylation sites (N-methyl/N-ethyl adjacent to an activating group) is 1. The van der Waals surface area contributed by atoms with Gasteiger partial charge in [-0.25, -0.2) is 4.98 Å². The number of nitrogens with zero attached hydrogens (tertiary/aromatic N) is 4. The van der Waals surface area contributed by atoms with E-state index in [1.165, 1.54) is 6.20 Å². The third-order valence-electron chi connectivity index (χ3n) is 5.61. The molecule has 0 atom stereocenters. The number of hydrogen-bond donors (Lipinski definition) is 2. The van der Waals surface area contributed by atoms with E-state index in [4.69, 9.17) is 0 Å². The molecule has 0 unspecified atom stereocenters. The van der Waals surface area contributed by atoms with E-state index in [-0.39, 0.29) is 11.8 Å². The molecule has 0 radical (unpaired) electrons. The molecule has 8 heteroatoms. The van der Waals surface area contributed by atoms with Crippen molar-refractivity contribution in [2.24, 2.45) is 0 Å². The first kappa shape index (κ1) is 22.4. The Hall–Kier alpha value is -3.78. The predicted octanol–water partition coefficient (Wildman–Crippen LogP) is 2.80. The normalized spacial score (nSPS) is 14.4. The molecule has 3 aromatic rings. The molecule has 0 spiro atoms. The number of pyridine rings is 2. The van der Waals surface area contributed by atoms with Crippen LogP contribution in [0.3, 0.4) is 0 Å². The third kappa shape index (κ3) is 6.14. The minimum atomic E-state index is -0.275. The number of amides is 2. The van der Waals surface area contributed by atoms with Crippen LogP contribution in [0.1, 0.15) is 32.7 Å². The van der Waals surface area contributed by atoms with Crippen molar-refractivity contribution in [1.29, 1.82) is 0 Å². The maximum absolute atomic E-state index is 12.6. The molecule has 2 N–H and O–H groups in total. The second kappa shape index (κ2) is 10.7. The van der Waals surface area contributed by atoms with E-state index in [0.717, 1.165) is 44.0 Å². The summed E-state index contributed by atoms with van der Waals surface area (Å²) in [6.45, 7) is 4.48. The highest BCUT2D eigenvalue weighted by Gasteiger charge is 2.14. The fourth-order valence-electron chi connectivity index (χ4n) is 3.71. The Morgan fingerprint density at radius 2 is 1.82 bits per heavy atom. The molecular formula is C25H28N6O2. The van der Waals surface area contributed by atoms with E-state index in [2.05, 4.69) is 37.4 Å². The lowest BCUT2D eigenvalue weighted by molar-refractivity contribution is 0.0949. The van der Waals surface area contributed by atoms with Crippen LogP contribution in [0.4, 0.5) is 11.5 Å². The second-order valence-corrected chi connectivity index (χ2v) is 8.13. The number of carbonyl (C=O) groups is 2. The largest absolute Gasteiger partial charge is 0.355 e. The van der Waals surface area contributed by atoms with Gasteiger partial charge in [-0.3, -0.25) is 14.6 Å². The number of nitrogens with one attached hydrogen (secondary N) is 2. The monoisotopic (exact) mass is 444 g/mol. The van der Waals surface area contributed by atoms with Crippen LogP contribution in [0, 0.1) is 0 Å². The van der Waals surface area contributed by atoms with Crippen molar-refractivity contribution in [1.82, 2.24) is 20.2 Å². The standard InChI is InChI=1S/C25H28N6O2/c1-30-11-4-12-31(14-13-30)23-9-8-19(16-27-23)17-28-24(32)20-5-2-7-22(15-20)29-25(33)21-6-3-10-26-18-21/h2-3,5-10,15-16,18H,4,11-14,17H2,1H3,(H,28,32)(H,29,33). The molecule has 2 amide bonds. The Morgan fingerprint density at radius 1 is 0.939 bits per heavy atom. The first-order chi connectivity index (χ1) is 16.1. The molecule has 1 fully saturated rings. The van der Waals surface area contributed by atoms with Gasteiger partial charge >= 0.3 is 0 Å². The third-order valence-corrected chi connectivity index (χ3v) is 5.61. The van der Waals surface area contributed by atoms with Crippen molar-refractivity contribution in [2.45, 2.75) is 13.0 Å². The summed E-state index contributed by atoms with van der Waals surface area (Å²) in [4.78, 5) is 38.1. The van der Waals surface area contributed by atoms with Crippen molar-refractivity contribution in [2.75, 3.05) is 43.4 Å². The zero-order chi connectivity index (χ0) is 23.0. The van der Waals surface area contributed by atoms with Crippen molar-refractivity contribution >= 4 is 23.3 Å². The molecule has 8 nitrogen and oxygen atoms in total. The zero-order valence-corrected chi connectivity index (χ0v) is 18.7. The van der Waals surface area contributed by atoms with Gasteiger partial charge in [0.05, 0.1) is 5.56 Å². The van der Waals surface area contributed by atoms with Crippen LogP contribution in [0.5, 0.6) is 0 Å². The lowest BCUT2D eigenvalue weighted by Gasteiger charge is -2.21. The SMILES string of the molecule is CN1CCCN(c2ccc(CNC(=O)c3cccc(NC(=O)c4cccnc4)c3)cn2)CC1. The lowest BCUT2D eigenvalue weighted by atomic mass is 10.1. The molecule has 1 aromatic carbocycles. The van der Waals surface area contributed by atoms with Crippen LogP contribution < -0.4 is 15.5 Å². The first-order valence-electron chi connectivity index (χ1n) is 11.1. The van der Waals surface area contributed by atoms with E-state index >= 15 is 0 Å². The van der Waals surface area contributed by atoms with E-state index in [1.807, 2.05) is 18.3 Å². The summed E-state index contributed by atoms with van der Waals surface area (Å²) in [6.07, 6.45) is 6.04. The smallest absolute Gasteiger partial charge is 0.257 e. The maximum atomic E-state index is 12.6. The molecule has 0 saturated carbocycles. The first-order valence-corrected chi connectivity index (χ1v) is 11.1. The fraction of sp³-hybridized carbons (Fsp3) is 0.280. The summed E-state index contributed by atoms with van der Waals surface area (Å²) >= 11 is 0. The van der Waals surface area contributed by atoms with Gasteiger partial charge in [0.2, 0.25) is 0 Å². The Labute approximate surface area is 193 Å². The Kier molecular flexibility index (Phi) is 7.26. The van der Waals surface area contributed by atoms with E-state index in [0.29, 0.717) is 23.4 Å². The average Bonchev–Trinajstić information content (AvgIpc) is 3.08. The number of carbonyl (C=O) groups excluding carboxylic acids is 2. The number of rotatable bonds is 6. The molecule has 3 heterocycles. The van der Waals surface area contributed by atoms with Crippen LogP contribution in [0.15, 0.2) is 67.1 Å². The molecule has 4 rings (SSSR count). The summed E-state index contributed by atoms with van der Waals surface area (Å²) in [6, 6.07) is 14.3. The van der Waals surface area contributed by atoms with Crippen LogP contribution in [-0.4, -0.2) is 59.9 Å². The van der Waals surface area contributed by atoms with Crippen molar-refractivity contribution < 1.29 is 9.59 Å². The minimum absolute atomic E-state index is 0.216. The minimum Gasteiger partial charge on any atom is -0.355 e. The Morgan fingerprint density at radius 3 is 2.61 bits per heavy atom. The van der Waals surface area contributed by atoms with Crippen LogP contribution in [-0.2, 0) is 6.54 Å². The average molecular weight is 445 g/mol. The highest BCUT2D eigenvalue weighted by Crippen LogP contribution is 2.15. The van der Waals surface area contributed by atoms with Gasteiger partial charge in [0.25, 0.3) is 11.8 Å². The number of anilines is 2. The summed E-state index contributed by atoms with van der Waals surface area (Å²) in [7, 11) is 2.15.